The molecule has 0 bridgehead atoms. The molecule has 1 N–H and O–H groups in total. The van der Waals surface area contributed by atoms with Crippen molar-refractivity contribution >= 4 is 17.5 Å². The fourth-order valence-electron chi connectivity index (χ4n) is 1.77. The minimum absolute atomic E-state index is 0.0527. The van der Waals surface area contributed by atoms with Gasteiger partial charge in [-0.3, -0.25) is 9.78 Å². The van der Waals surface area contributed by atoms with E-state index in [2.05, 4.69) is 10.3 Å². The molecule has 0 saturated heterocycles. The van der Waals surface area contributed by atoms with Gasteiger partial charge in [0.25, 0.3) is 0 Å². The van der Waals surface area contributed by atoms with Gasteiger partial charge in [0.15, 0.2) is 0 Å². The molecule has 5 heteroatoms. The third-order valence-corrected chi connectivity index (χ3v) is 3.12. The van der Waals surface area contributed by atoms with Gasteiger partial charge in [-0.15, -0.1) is 0 Å². The van der Waals surface area contributed by atoms with E-state index in [1.807, 2.05) is 18.2 Å². The van der Waals surface area contributed by atoms with E-state index < -0.39 is 0 Å². The van der Waals surface area contributed by atoms with Gasteiger partial charge in [-0.2, -0.15) is 0 Å². The molecule has 0 fully saturated rings. The Balaban J connectivity index is 1.90. The summed E-state index contributed by atoms with van der Waals surface area (Å²) in [5.74, 6) is 0.552. The highest BCUT2D eigenvalue weighted by Crippen LogP contribution is 2.25. The number of nitrogens with zero attached hydrogens (tertiary/aromatic N) is 1. The molecule has 104 valence electrons. The first kappa shape index (κ1) is 14.3. The maximum Gasteiger partial charge on any atom is 0.224 e. The Morgan fingerprint density at radius 3 is 2.65 bits per heavy atom. The van der Waals surface area contributed by atoms with Crippen LogP contribution >= 0.6 is 11.6 Å². The summed E-state index contributed by atoms with van der Waals surface area (Å²) in [4.78, 5) is 15.8. The average Bonchev–Trinajstić information content (AvgIpc) is 2.46. The van der Waals surface area contributed by atoms with E-state index in [9.17, 15) is 4.79 Å². The molecule has 2 rings (SSSR count). The molecule has 0 saturated carbocycles. The first-order chi connectivity index (χ1) is 9.69. The van der Waals surface area contributed by atoms with E-state index in [-0.39, 0.29) is 12.3 Å². The number of hydrogen-bond acceptors (Lipinski definition) is 3. The molecule has 4 nitrogen and oxygen atoms in total. The second-order valence-corrected chi connectivity index (χ2v) is 4.69. The van der Waals surface area contributed by atoms with E-state index >= 15 is 0 Å². The van der Waals surface area contributed by atoms with E-state index in [1.54, 1.807) is 31.6 Å². The second kappa shape index (κ2) is 6.91. The molecular weight excluding hydrogens is 276 g/mol. The average molecular weight is 291 g/mol. The third-order valence-electron chi connectivity index (χ3n) is 2.82. The number of carbonyl (C=O) groups excluding carboxylic acids is 1. The minimum atomic E-state index is -0.0527. The van der Waals surface area contributed by atoms with Crippen LogP contribution in [0.4, 0.5) is 0 Å². The zero-order chi connectivity index (χ0) is 14.4. The number of halogens is 1. The highest BCUT2D eigenvalue weighted by Gasteiger charge is 2.06. The van der Waals surface area contributed by atoms with Crippen molar-refractivity contribution in [3.63, 3.8) is 0 Å². The van der Waals surface area contributed by atoms with Gasteiger partial charge in [0.1, 0.15) is 5.75 Å². The summed E-state index contributed by atoms with van der Waals surface area (Å²) in [7, 11) is 1.56. The van der Waals surface area contributed by atoms with Gasteiger partial charge >= 0.3 is 0 Å². The number of ether oxygens (including phenoxy) is 1. The number of rotatable bonds is 5. The van der Waals surface area contributed by atoms with Crippen LogP contribution < -0.4 is 10.1 Å². The molecular formula is C15H15ClN2O2. The van der Waals surface area contributed by atoms with Gasteiger partial charge < -0.3 is 10.1 Å². The highest BCUT2D eigenvalue weighted by molar-refractivity contribution is 6.32. The number of nitrogens with one attached hydrogen (secondary N) is 1. The molecule has 20 heavy (non-hydrogen) atoms. The van der Waals surface area contributed by atoms with Crippen LogP contribution in [-0.2, 0) is 17.8 Å². The number of carbonyl (C=O) groups is 1. The zero-order valence-electron chi connectivity index (χ0n) is 11.1. The van der Waals surface area contributed by atoms with Crippen molar-refractivity contribution in [3.8, 4) is 5.75 Å². The molecule has 0 aliphatic rings. The van der Waals surface area contributed by atoms with Crippen LogP contribution in [0.15, 0.2) is 42.7 Å². The summed E-state index contributed by atoms with van der Waals surface area (Å²) >= 11 is 6.02. The number of amides is 1. The van der Waals surface area contributed by atoms with Gasteiger partial charge in [-0.1, -0.05) is 17.7 Å². The number of benzene rings is 1. The Bertz CT molecular complexity index is 588. The fourth-order valence-corrected chi connectivity index (χ4v) is 2.05. The smallest absolute Gasteiger partial charge is 0.224 e. The largest absolute Gasteiger partial charge is 0.495 e. The van der Waals surface area contributed by atoms with Gasteiger partial charge in [0.05, 0.1) is 18.6 Å². The topological polar surface area (TPSA) is 51.2 Å². The molecule has 1 heterocycles. The quantitative estimate of drug-likeness (QED) is 0.921. The van der Waals surface area contributed by atoms with Crippen LogP contribution in [-0.4, -0.2) is 18.0 Å². The van der Waals surface area contributed by atoms with Gasteiger partial charge in [-0.05, 0) is 35.4 Å². The molecule has 2 aromatic rings. The summed E-state index contributed by atoms with van der Waals surface area (Å²) in [6.45, 7) is 0.491. The maximum absolute atomic E-state index is 11.9. The van der Waals surface area contributed by atoms with Crippen LogP contribution in [0, 0.1) is 0 Å². The van der Waals surface area contributed by atoms with Crippen molar-refractivity contribution in [2.45, 2.75) is 13.0 Å². The molecule has 1 aromatic heterocycles. The Morgan fingerprint density at radius 1 is 1.25 bits per heavy atom. The normalized spacial score (nSPS) is 10.1. The molecule has 0 aliphatic carbocycles. The Morgan fingerprint density at radius 2 is 2.00 bits per heavy atom. The highest BCUT2D eigenvalue weighted by atomic mass is 35.5. The molecule has 0 radical (unpaired) electrons. The van der Waals surface area contributed by atoms with Crippen LogP contribution in [0.2, 0.25) is 5.02 Å². The summed E-state index contributed by atoms with van der Waals surface area (Å²) in [5.41, 5.74) is 1.86. The van der Waals surface area contributed by atoms with Gasteiger partial charge in [-0.25, -0.2) is 0 Å². The van der Waals surface area contributed by atoms with E-state index in [0.29, 0.717) is 17.3 Å². The van der Waals surface area contributed by atoms with Gasteiger partial charge in [0.2, 0.25) is 5.91 Å². The summed E-state index contributed by atoms with van der Waals surface area (Å²) in [6, 6.07) is 9.06. The van der Waals surface area contributed by atoms with E-state index in [4.69, 9.17) is 16.3 Å². The molecule has 0 unspecified atom stereocenters. The van der Waals surface area contributed by atoms with Crippen molar-refractivity contribution in [3.05, 3.63) is 58.9 Å². The Labute approximate surface area is 122 Å². The number of methoxy groups -OCH3 is 1. The first-order valence-corrected chi connectivity index (χ1v) is 6.55. The molecule has 0 atom stereocenters. The van der Waals surface area contributed by atoms with E-state index in [1.165, 1.54) is 0 Å². The zero-order valence-corrected chi connectivity index (χ0v) is 11.9. The second-order valence-electron chi connectivity index (χ2n) is 4.28. The van der Waals surface area contributed by atoms with Gasteiger partial charge in [0, 0.05) is 18.9 Å². The molecule has 1 aromatic carbocycles. The summed E-state index contributed by atoms with van der Waals surface area (Å²) in [6.07, 6.45) is 3.68. The lowest BCUT2D eigenvalue weighted by Crippen LogP contribution is -2.24. The lowest BCUT2D eigenvalue weighted by molar-refractivity contribution is -0.120. The minimum Gasteiger partial charge on any atom is -0.495 e. The van der Waals surface area contributed by atoms with Crippen molar-refractivity contribution in [2.75, 3.05) is 7.11 Å². The summed E-state index contributed by atoms with van der Waals surface area (Å²) < 4.78 is 5.07. The maximum atomic E-state index is 11.9. The standard InChI is InChI=1S/C15H15ClN2O2/c1-20-14-3-2-12(8-13(14)16)9-15(19)18-10-11-4-6-17-7-5-11/h2-8H,9-10H2,1H3,(H,18,19). The van der Waals surface area contributed by atoms with Crippen molar-refractivity contribution in [1.29, 1.82) is 0 Å². The Hall–Kier alpha value is -2.07. The number of pyridine rings is 1. The molecule has 0 aliphatic heterocycles. The number of aromatic nitrogens is 1. The number of hydrogen-bond donors (Lipinski definition) is 1. The summed E-state index contributed by atoms with van der Waals surface area (Å²) in [5, 5.41) is 3.36. The first-order valence-electron chi connectivity index (χ1n) is 6.17. The lowest BCUT2D eigenvalue weighted by Gasteiger charge is -2.07. The predicted octanol–water partition coefficient (Wildman–Crippen LogP) is 2.60. The SMILES string of the molecule is COc1ccc(CC(=O)NCc2ccncc2)cc1Cl. The fraction of sp³-hybridized carbons (Fsp3) is 0.200. The van der Waals surface area contributed by atoms with Crippen molar-refractivity contribution < 1.29 is 9.53 Å². The van der Waals surface area contributed by atoms with Crippen LogP contribution in [0.1, 0.15) is 11.1 Å². The van der Waals surface area contributed by atoms with Crippen molar-refractivity contribution in [2.24, 2.45) is 0 Å². The monoisotopic (exact) mass is 290 g/mol. The Kier molecular flexibility index (Phi) is 4.96. The molecule has 0 spiro atoms. The van der Waals surface area contributed by atoms with E-state index in [0.717, 1.165) is 11.1 Å². The van der Waals surface area contributed by atoms with Crippen LogP contribution in [0.25, 0.3) is 0 Å². The van der Waals surface area contributed by atoms with Crippen molar-refractivity contribution in [1.82, 2.24) is 10.3 Å². The van der Waals surface area contributed by atoms with Crippen LogP contribution in [0.5, 0.6) is 5.75 Å². The molecule has 1 amide bonds. The lowest BCUT2D eigenvalue weighted by atomic mass is 10.1. The van der Waals surface area contributed by atoms with Crippen LogP contribution in [0.3, 0.4) is 0 Å². The third kappa shape index (κ3) is 3.96. The predicted molar refractivity (Wildman–Crippen MR) is 77.8 cm³/mol.